The SMILES string of the molecule is Cc1cccc(OB(O)Oc2c(F)c(F)c(F)c(F)c2F)c1C. The van der Waals surface area contributed by atoms with Crippen LogP contribution in [-0.2, 0) is 0 Å². The molecule has 0 fully saturated rings. The Bertz CT molecular complexity index is 725. The molecule has 3 nitrogen and oxygen atoms in total. The van der Waals surface area contributed by atoms with Gasteiger partial charge in [0, 0.05) is 0 Å². The maximum Gasteiger partial charge on any atom is 0.785 e. The molecule has 122 valence electrons. The predicted octanol–water partition coefficient (Wildman–Crippen LogP) is 3.43. The average molecular weight is 332 g/mol. The lowest BCUT2D eigenvalue weighted by Crippen LogP contribution is -2.31. The molecule has 9 heteroatoms. The Morgan fingerprint density at radius 1 is 0.826 bits per heavy atom. The summed E-state index contributed by atoms with van der Waals surface area (Å²) in [5.74, 6) is -12.6. The van der Waals surface area contributed by atoms with E-state index in [4.69, 9.17) is 4.65 Å². The Morgan fingerprint density at radius 2 is 1.35 bits per heavy atom. The van der Waals surface area contributed by atoms with Gasteiger partial charge in [-0.25, -0.2) is 13.2 Å². The summed E-state index contributed by atoms with van der Waals surface area (Å²) in [5.41, 5.74) is 1.40. The van der Waals surface area contributed by atoms with Crippen molar-refractivity contribution in [2.45, 2.75) is 13.8 Å². The number of hydrogen-bond acceptors (Lipinski definition) is 3. The van der Waals surface area contributed by atoms with Gasteiger partial charge in [0.25, 0.3) is 0 Å². The van der Waals surface area contributed by atoms with E-state index >= 15 is 0 Å². The molecule has 0 aliphatic rings. The fraction of sp³-hybridized carbons (Fsp3) is 0.143. The fourth-order valence-electron chi connectivity index (χ4n) is 1.77. The van der Waals surface area contributed by atoms with Gasteiger partial charge in [-0.15, -0.1) is 0 Å². The first kappa shape index (κ1) is 17.1. The molecule has 2 aromatic rings. The van der Waals surface area contributed by atoms with Gasteiger partial charge in [0.2, 0.25) is 29.1 Å². The Kier molecular flexibility index (Phi) is 4.79. The second-order valence-electron chi connectivity index (χ2n) is 4.64. The van der Waals surface area contributed by atoms with Crippen LogP contribution in [0.3, 0.4) is 0 Å². The lowest BCUT2D eigenvalue weighted by atomic mass is 10.1. The van der Waals surface area contributed by atoms with Crippen molar-refractivity contribution >= 4 is 7.32 Å². The van der Waals surface area contributed by atoms with E-state index in [0.717, 1.165) is 5.56 Å². The van der Waals surface area contributed by atoms with Gasteiger partial charge in [-0.05, 0) is 31.0 Å². The highest BCUT2D eigenvalue weighted by atomic mass is 19.2. The summed E-state index contributed by atoms with van der Waals surface area (Å²) in [4.78, 5) is 0. The van der Waals surface area contributed by atoms with Crippen molar-refractivity contribution in [1.82, 2.24) is 0 Å². The van der Waals surface area contributed by atoms with Crippen molar-refractivity contribution in [3.63, 3.8) is 0 Å². The van der Waals surface area contributed by atoms with Crippen LogP contribution in [0.2, 0.25) is 0 Å². The van der Waals surface area contributed by atoms with Crippen molar-refractivity contribution in [3.8, 4) is 11.5 Å². The Morgan fingerprint density at radius 3 is 1.91 bits per heavy atom. The normalized spacial score (nSPS) is 10.6. The highest BCUT2D eigenvalue weighted by Gasteiger charge is 2.32. The zero-order chi connectivity index (χ0) is 17.3. The standard InChI is InChI=1S/C14H10BF5O3/c1-6-4-3-5-8(7(6)2)22-15(21)23-14-12(19)10(17)9(16)11(18)13(14)20/h3-5,21H,1-2H3. The molecule has 0 spiro atoms. The van der Waals surface area contributed by atoms with Crippen LogP contribution in [0.5, 0.6) is 11.5 Å². The quantitative estimate of drug-likeness (QED) is 0.404. The number of benzene rings is 2. The molecule has 0 amide bonds. The van der Waals surface area contributed by atoms with E-state index < -0.39 is 42.2 Å². The predicted molar refractivity (Wildman–Crippen MR) is 71.4 cm³/mol. The molecule has 2 aromatic carbocycles. The van der Waals surface area contributed by atoms with E-state index in [1.165, 1.54) is 6.07 Å². The first-order chi connectivity index (χ1) is 10.7. The van der Waals surface area contributed by atoms with Crippen LogP contribution in [0.15, 0.2) is 18.2 Å². The van der Waals surface area contributed by atoms with Gasteiger partial charge in [0.1, 0.15) is 5.75 Å². The van der Waals surface area contributed by atoms with Crippen LogP contribution in [0, 0.1) is 42.9 Å². The molecule has 0 bridgehead atoms. The van der Waals surface area contributed by atoms with Gasteiger partial charge in [-0.1, -0.05) is 12.1 Å². The Labute approximate surface area is 128 Å². The smallest absolute Gasteiger partial charge is 0.501 e. The van der Waals surface area contributed by atoms with Crippen molar-refractivity contribution in [3.05, 3.63) is 58.4 Å². The summed E-state index contributed by atoms with van der Waals surface area (Å²) in [6.45, 7) is 3.40. The summed E-state index contributed by atoms with van der Waals surface area (Å²) in [6, 6.07) is 4.77. The van der Waals surface area contributed by atoms with E-state index in [1.807, 2.05) is 0 Å². The molecule has 0 heterocycles. The minimum absolute atomic E-state index is 0.126. The second-order valence-corrected chi connectivity index (χ2v) is 4.64. The van der Waals surface area contributed by atoms with Gasteiger partial charge in [-0.3, -0.25) is 0 Å². The molecule has 0 aliphatic carbocycles. The number of hydrogen-bond donors (Lipinski definition) is 1. The van der Waals surface area contributed by atoms with E-state index in [0.29, 0.717) is 5.56 Å². The minimum Gasteiger partial charge on any atom is -0.501 e. The highest BCUT2D eigenvalue weighted by molar-refractivity contribution is 6.36. The zero-order valence-electron chi connectivity index (χ0n) is 12.0. The summed E-state index contributed by atoms with van der Waals surface area (Å²) in [5, 5.41) is 9.55. The maximum atomic E-state index is 13.4. The largest absolute Gasteiger partial charge is 0.785 e. The molecule has 1 N–H and O–H groups in total. The van der Waals surface area contributed by atoms with Crippen LogP contribution in [0.1, 0.15) is 11.1 Å². The van der Waals surface area contributed by atoms with E-state index in [9.17, 15) is 27.0 Å². The summed E-state index contributed by atoms with van der Waals surface area (Å²) >= 11 is 0. The lowest BCUT2D eigenvalue weighted by molar-refractivity contribution is 0.270. The molecule has 0 atom stereocenters. The van der Waals surface area contributed by atoms with Gasteiger partial charge < -0.3 is 14.3 Å². The first-order valence-corrected chi connectivity index (χ1v) is 6.33. The molecule has 2 rings (SSSR count). The number of aryl methyl sites for hydroxylation is 1. The lowest BCUT2D eigenvalue weighted by Gasteiger charge is -2.15. The summed E-state index contributed by atoms with van der Waals surface area (Å²) < 4.78 is 75.1. The van der Waals surface area contributed by atoms with Crippen LogP contribution in [0.4, 0.5) is 22.0 Å². The third-order valence-electron chi connectivity index (χ3n) is 3.17. The van der Waals surface area contributed by atoms with Crippen molar-refractivity contribution in [2.75, 3.05) is 0 Å². The van der Waals surface area contributed by atoms with E-state index in [-0.39, 0.29) is 5.75 Å². The van der Waals surface area contributed by atoms with Crippen LogP contribution >= 0.6 is 0 Å². The molecule has 0 unspecified atom stereocenters. The van der Waals surface area contributed by atoms with Crippen molar-refractivity contribution < 1.29 is 36.3 Å². The van der Waals surface area contributed by atoms with Gasteiger partial charge >= 0.3 is 7.32 Å². The Hall–Kier alpha value is -2.29. The van der Waals surface area contributed by atoms with Crippen molar-refractivity contribution in [2.24, 2.45) is 0 Å². The molecule has 23 heavy (non-hydrogen) atoms. The van der Waals surface area contributed by atoms with Gasteiger partial charge in [0.05, 0.1) is 0 Å². The Balaban J connectivity index is 2.28. The molecular formula is C14H10BF5O3. The van der Waals surface area contributed by atoms with Crippen LogP contribution in [0.25, 0.3) is 0 Å². The molecule has 0 aromatic heterocycles. The van der Waals surface area contributed by atoms with E-state index in [1.54, 1.807) is 26.0 Å². The molecule has 0 aliphatic heterocycles. The van der Waals surface area contributed by atoms with Crippen molar-refractivity contribution in [1.29, 1.82) is 0 Å². The molecular weight excluding hydrogens is 322 g/mol. The van der Waals surface area contributed by atoms with Crippen LogP contribution < -0.4 is 9.31 Å². The first-order valence-electron chi connectivity index (χ1n) is 6.33. The molecule has 0 saturated carbocycles. The van der Waals surface area contributed by atoms with E-state index in [2.05, 4.69) is 4.65 Å². The monoisotopic (exact) mass is 332 g/mol. The minimum atomic E-state index is -2.32. The average Bonchev–Trinajstić information content (AvgIpc) is 2.52. The fourth-order valence-corrected chi connectivity index (χ4v) is 1.77. The van der Waals surface area contributed by atoms with Gasteiger partial charge in [-0.2, -0.15) is 8.78 Å². The van der Waals surface area contributed by atoms with Gasteiger partial charge in [0.15, 0.2) is 5.75 Å². The zero-order valence-corrected chi connectivity index (χ0v) is 12.0. The second kappa shape index (κ2) is 6.45. The summed E-state index contributed by atoms with van der Waals surface area (Å²) in [7, 11) is -2.27. The topological polar surface area (TPSA) is 38.7 Å². The third kappa shape index (κ3) is 3.24. The molecule has 0 radical (unpaired) electrons. The third-order valence-corrected chi connectivity index (χ3v) is 3.17. The summed E-state index contributed by atoms with van der Waals surface area (Å²) in [6.07, 6.45) is 0. The highest BCUT2D eigenvalue weighted by Crippen LogP contribution is 2.30. The number of rotatable bonds is 4. The molecule has 0 saturated heterocycles. The van der Waals surface area contributed by atoms with Crippen LogP contribution in [-0.4, -0.2) is 12.3 Å². The number of halogens is 5. The maximum absolute atomic E-state index is 13.4.